The molecule has 0 spiro atoms. The Kier molecular flexibility index (Phi) is 5.55. The maximum Gasteiger partial charge on any atom is 0.205 e. The number of hydrogen-bond acceptors (Lipinski definition) is 8. The highest BCUT2D eigenvalue weighted by Gasteiger charge is 2.14. The van der Waals surface area contributed by atoms with E-state index < -0.39 is 17.2 Å². The topological polar surface area (TPSA) is 109 Å². The number of nitrogens with zero attached hydrogens (tertiary/aromatic N) is 3. The van der Waals surface area contributed by atoms with Gasteiger partial charge in [-0.1, -0.05) is 0 Å². The Morgan fingerprint density at radius 3 is 2.50 bits per heavy atom. The van der Waals surface area contributed by atoms with Crippen molar-refractivity contribution in [3.05, 3.63) is 46.1 Å². The molecule has 28 heavy (non-hydrogen) atoms. The van der Waals surface area contributed by atoms with Crippen molar-refractivity contribution in [2.24, 2.45) is 10.1 Å². The van der Waals surface area contributed by atoms with Gasteiger partial charge in [0.1, 0.15) is 11.5 Å². The molecule has 1 heterocycles. The van der Waals surface area contributed by atoms with Gasteiger partial charge in [0.15, 0.2) is 11.5 Å². The third-order valence-corrected chi connectivity index (χ3v) is 4.94. The molecular weight excluding hydrogens is 382 g/mol. The highest BCUT2D eigenvalue weighted by atomic mass is 32.1. The van der Waals surface area contributed by atoms with E-state index in [-0.39, 0.29) is 5.56 Å². The van der Waals surface area contributed by atoms with Gasteiger partial charge in [0.05, 0.1) is 26.1 Å². The predicted octanol–water partition coefficient (Wildman–Crippen LogP) is 2.76. The fourth-order valence-corrected chi connectivity index (χ4v) is 3.37. The Morgan fingerprint density at radius 1 is 1.04 bits per heavy atom. The van der Waals surface area contributed by atoms with E-state index in [0.717, 1.165) is 5.56 Å². The van der Waals surface area contributed by atoms with Gasteiger partial charge < -0.3 is 24.8 Å². The number of ether oxygens (including phenoxy) is 2. The van der Waals surface area contributed by atoms with Gasteiger partial charge >= 0.3 is 0 Å². The second-order valence-corrected chi connectivity index (χ2v) is 6.46. The van der Waals surface area contributed by atoms with E-state index in [9.17, 15) is 15.3 Å². The minimum absolute atomic E-state index is 0.236. The summed E-state index contributed by atoms with van der Waals surface area (Å²) in [6.07, 6.45) is 1.37. The third kappa shape index (κ3) is 3.52. The van der Waals surface area contributed by atoms with E-state index in [1.54, 1.807) is 38.1 Å². The lowest BCUT2D eigenvalue weighted by Gasteiger charge is -2.11. The second-order valence-electron chi connectivity index (χ2n) is 5.62. The summed E-state index contributed by atoms with van der Waals surface area (Å²) in [7, 11) is 4.81. The number of phenols is 3. The Balaban J connectivity index is 2.14. The van der Waals surface area contributed by atoms with Crippen molar-refractivity contribution in [1.29, 1.82) is 0 Å². The molecule has 146 valence electrons. The van der Waals surface area contributed by atoms with E-state index in [1.807, 2.05) is 11.4 Å². The number of methoxy groups -OCH3 is 2. The number of aromatic hydroxyl groups is 3. The molecule has 0 aliphatic heterocycles. The summed E-state index contributed by atoms with van der Waals surface area (Å²) < 4.78 is 12.4. The van der Waals surface area contributed by atoms with Crippen molar-refractivity contribution >= 4 is 17.6 Å². The summed E-state index contributed by atoms with van der Waals surface area (Å²) in [6, 6.07) is 8.13. The van der Waals surface area contributed by atoms with Crippen LogP contribution < -0.4 is 14.3 Å². The molecule has 0 amide bonds. The quantitative estimate of drug-likeness (QED) is 0.450. The molecule has 2 aromatic carbocycles. The second kappa shape index (κ2) is 8.05. The maximum atomic E-state index is 10.0. The van der Waals surface area contributed by atoms with Crippen LogP contribution >= 0.6 is 11.3 Å². The van der Waals surface area contributed by atoms with Crippen LogP contribution in [0.5, 0.6) is 28.7 Å². The SMILES string of the molecule is CN=c1scc(-c2cc(OC)ccc2OC)n1N=Cc1ccc(O)c(O)c1O. The molecule has 8 nitrogen and oxygen atoms in total. The molecule has 0 bridgehead atoms. The number of benzene rings is 2. The summed E-state index contributed by atoms with van der Waals surface area (Å²) in [4.78, 5) is 4.83. The molecule has 0 atom stereocenters. The van der Waals surface area contributed by atoms with Gasteiger partial charge in [-0.25, -0.2) is 4.68 Å². The van der Waals surface area contributed by atoms with Crippen LogP contribution in [0.15, 0.2) is 45.8 Å². The Labute approximate surface area is 164 Å². The molecule has 0 fully saturated rings. The summed E-state index contributed by atoms with van der Waals surface area (Å²) in [5, 5.41) is 35.4. The Bertz CT molecular complexity index is 1100. The lowest BCUT2D eigenvalue weighted by Crippen LogP contribution is -2.11. The molecule has 3 rings (SSSR count). The zero-order chi connectivity index (χ0) is 20.3. The molecule has 0 unspecified atom stereocenters. The van der Waals surface area contributed by atoms with Crippen molar-refractivity contribution in [3.63, 3.8) is 0 Å². The largest absolute Gasteiger partial charge is 0.504 e. The van der Waals surface area contributed by atoms with Crippen LogP contribution in [0.25, 0.3) is 11.3 Å². The van der Waals surface area contributed by atoms with E-state index in [1.165, 1.54) is 29.7 Å². The third-order valence-electron chi connectivity index (χ3n) is 4.03. The molecule has 0 aliphatic rings. The van der Waals surface area contributed by atoms with Crippen LogP contribution in [-0.4, -0.2) is 47.5 Å². The number of aromatic nitrogens is 1. The van der Waals surface area contributed by atoms with Crippen molar-refractivity contribution in [1.82, 2.24) is 4.68 Å². The average molecular weight is 401 g/mol. The summed E-state index contributed by atoms with van der Waals surface area (Å²) >= 11 is 1.38. The number of hydrogen-bond donors (Lipinski definition) is 3. The van der Waals surface area contributed by atoms with Crippen molar-refractivity contribution in [2.45, 2.75) is 0 Å². The van der Waals surface area contributed by atoms with E-state index >= 15 is 0 Å². The van der Waals surface area contributed by atoms with Gasteiger partial charge in [0.25, 0.3) is 0 Å². The molecule has 9 heteroatoms. The van der Waals surface area contributed by atoms with Crippen LogP contribution in [0.4, 0.5) is 0 Å². The first-order valence-electron chi connectivity index (χ1n) is 8.14. The van der Waals surface area contributed by atoms with Crippen molar-refractivity contribution < 1.29 is 24.8 Å². The van der Waals surface area contributed by atoms with Gasteiger partial charge in [-0.2, -0.15) is 5.10 Å². The number of rotatable bonds is 5. The lowest BCUT2D eigenvalue weighted by atomic mass is 10.1. The summed E-state index contributed by atoms with van der Waals surface area (Å²) in [5.74, 6) is -0.183. The van der Waals surface area contributed by atoms with Gasteiger partial charge in [-0.05, 0) is 30.3 Å². The van der Waals surface area contributed by atoms with Crippen molar-refractivity contribution in [2.75, 3.05) is 21.3 Å². The van der Waals surface area contributed by atoms with Gasteiger partial charge in [-0.3, -0.25) is 4.99 Å². The minimum Gasteiger partial charge on any atom is -0.504 e. The molecule has 0 radical (unpaired) electrons. The van der Waals surface area contributed by atoms with E-state index in [0.29, 0.717) is 22.0 Å². The smallest absolute Gasteiger partial charge is 0.205 e. The molecule has 1 aromatic heterocycles. The molecule has 0 aliphatic carbocycles. The van der Waals surface area contributed by atoms with Gasteiger partial charge in [0, 0.05) is 23.6 Å². The fourth-order valence-electron chi connectivity index (χ4n) is 2.57. The van der Waals surface area contributed by atoms with Gasteiger partial charge in [0.2, 0.25) is 10.6 Å². The Hall–Kier alpha value is -3.46. The molecule has 0 saturated carbocycles. The predicted molar refractivity (Wildman–Crippen MR) is 107 cm³/mol. The molecule has 3 aromatic rings. The Morgan fingerprint density at radius 2 is 1.82 bits per heavy atom. The molecule has 3 N–H and O–H groups in total. The monoisotopic (exact) mass is 401 g/mol. The van der Waals surface area contributed by atoms with Crippen LogP contribution in [0, 0.1) is 0 Å². The zero-order valence-corrected chi connectivity index (χ0v) is 16.3. The first-order chi connectivity index (χ1) is 13.5. The zero-order valence-electron chi connectivity index (χ0n) is 15.4. The fraction of sp³-hybridized carbons (Fsp3) is 0.158. The van der Waals surface area contributed by atoms with E-state index in [2.05, 4.69) is 10.1 Å². The highest BCUT2D eigenvalue weighted by molar-refractivity contribution is 7.07. The lowest BCUT2D eigenvalue weighted by molar-refractivity contribution is 0.367. The molecule has 0 saturated heterocycles. The number of phenolic OH excluding ortho intramolecular Hbond substituents is 3. The van der Waals surface area contributed by atoms with Crippen LogP contribution in [0.3, 0.4) is 0 Å². The van der Waals surface area contributed by atoms with Crippen LogP contribution in [0.2, 0.25) is 0 Å². The summed E-state index contributed by atoms with van der Waals surface area (Å²) in [5.41, 5.74) is 1.70. The average Bonchev–Trinajstić information content (AvgIpc) is 3.13. The molecular formula is C19H19N3O5S. The van der Waals surface area contributed by atoms with E-state index in [4.69, 9.17) is 9.47 Å². The van der Waals surface area contributed by atoms with Crippen molar-refractivity contribution in [3.8, 4) is 40.0 Å². The first-order valence-corrected chi connectivity index (χ1v) is 9.02. The summed E-state index contributed by atoms with van der Waals surface area (Å²) in [6.45, 7) is 0. The standard InChI is InChI=1S/C19H19N3O5S/c1-20-19-22(21-9-11-4-6-15(23)18(25)17(11)24)14(10-28-19)13-8-12(26-2)5-7-16(13)27-3/h4-10,23-25H,1-3H3. The highest BCUT2D eigenvalue weighted by Crippen LogP contribution is 2.36. The minimum atomic E-state index is -0.602. The first kappa shape index (κ1) is 19.3. The maximum absolute atomic E-state index is 10.0. The van der Waals surface area contributed by atoms with Crippen LogP contribution in [-0.2, 0) is 0 Å². The van der Waals surface area contributed by atoms with Crippen LogP contribution in [0.1, 0.15) is 5.56 Å². The normalized spacial score (nSPS) is 11.9. The number of thiazole rings is 1. The van der Waals surface area contributed by atoms with Gasteiger partial charge in [-0.15, -0.1) is 11.3 Å².